The van der Waals surface area contributed by atoms with E-state index in [2.05, 4.69) is 15.4 Å². The topological polar surface area (TPSA) is 69.0 Å². The highest BCUT2D eigenvalue weighted by molar-refractivity contribution is 5.78. The second-order valence-corrected chi connectivity index (χ2v) is 5.08. The van der Waals surface area contributed by atoms with E-state index in [0.717, 1.165) is 17.5 Å². The Morgan fingerprint density at radius 3 is 3.00 bits per heavy atom. The van der Waals surface area contributed by atoms with Crippen LogP contribution >= 0.6 is 0 Å². The van der Waals surface area contributed by atoms with E-state index < -0.39 is 0 Å². The lowest BCUT2D eigenvalue weighted by atomic mass is 10.1. The summed E-state index contributed by atoms with van der Waals surface area (Å²) in [5, 5.41) is 7.24. The van der Waals surface area contributed by atoms with Gasteiger partial charge in [0.25, 0.3) is 0 Å². The monoisotopic (exact) mass is 286 g/mol. The smallest absolute Gasteiger partial charge is 0.225 e. The Bertz CT molecular complexity index is 591. The lowest BCUT2D eigenvalue weighted by Gasteiger charge is -2.09. The van der Waals surface area contributed by atoms with Crippen LogP contribution in [-0.4, -0.2) is 40.4 Å². The van der Waals surface area contributed by atoms with Crippen LogP contribution < -0.4 is 5.32 Å². The summed E-state index contributed by atoms with van der Waals surface area (Å²) in [5.74, 6) is 0.0871. The molecule has 1 unspecified atom stereocenters. The number of rotatable bonds is 5. The van der Waals surface area contributed by atoms with Crippen molar-refractivity contribution in [3.8, 4) is 11.1 Å². The van der Waals surface area contributed by atoms with Gasteiger partial charge in [0.1, 0.15) is 0 Å². The molecule has 0 aliphatic carbocycles. The van der Waals surface area contributed by atoms with E-state index in [0.29, 0.717) is 26.3 Å². The highest BCUT2D eigenvalue weighted by atomic mass is 16.5. The summed E-state index contributed by atoms with van der Waals surface area (Å²) in [6, 6.07) is 3.90. The zero-order chi connectivity index (χ0) is 14.5. The molecule has 0 radical (unpaired) electrons. The third kappa shape index (κ3) is 3.46. The van der Waals surface area contributed by atoms with Gasteiger partial charge in [0.05, 0.1) is 25.3 Å². The number of nitrogens with one attached hydrogen (secondary N) is 1. The number of ether oxygens (including phenoxy) is 1. The summed E-state index contributed by atoms with van der Waals surface area (Å²) in [5.41, 5.74) is 2.14. The molecule has 1 fully saturated rings. The number of aromatic nitrogens is 3. The molecule has 1 N–H and O–H groups in total. The average molecular weight is 286 g/mol. The molecular weight excluding hydrogens is 268 g/mol. The lowest BCUT2D eigenvalue weighted by molar-refractivity contribution is -0.124. The Kier molecular flexibility index (Phi) is 4.25. The Morgan fingerprint density at radius 2 is 2.24 bits per heavy atom. The first kappa shape index (κ1) is 13.8. The minimum Gasteiger partial charge on any atom is -0.381 e. The predicted molar refractivity (Wildman–Crippen MR) is 77.4 cm³/mol. The fraction of sp³-hybridized carbons (Fsp3) is 0.400. The van der Waals surface area contributed by atoms with Crippen molar-refractivity contribution in [2.24, 2.45) is 5.92 Å². The summed E-state index contributed by atoms with van der Waals surface area (Å²) in [6.45, 7) is 2.46. The van der Waals surface area contributed by atoms with Crippen molar-refractivity contribution in [2.75, 3.05) is 19.8 Å². The first-order chi connectivity index (χ1) is 10.3. The summed E-state index contributed by atoms with van der Waals surface area (Å²) in [4.78, 5) is 15.8. The Balaban J connectivity index is 1.50. The molecule has 1 aliphatic rings. The Labute approximate surface area is 123 Å². The van der Waals surface area contributed by atoms with Crippen molar-refractivity contribution in [1.82, 2.24) is 20.1 Å². The molecule has 6 nitrogen and oxygen atoms in total. The van der Waals surface area contributed by atoms with E-state index in [1.165, 1.54) is 0 Å². The quantitative estimate of drug-likeness (QED) is 0.893. The van der Waals surface area contributed by atoms with Gasteiger partial charge in [-0.25, -0.2) is 0 Å². The standard InChI is InChI=1S/C15H18N4O2/c20-15(13-3-8-21-11-13)17-6-7-19-10-14(9-18-19)12-1-4-16-5-2-12/h1-2,4-5,9-10,13H,3,6-8,11H2,(H,17,20). The van der Waals surface area contributed by atoms with E-state index in [-0.39, 0.29) is 11.8 Å². The normalized spacial score (nSPS) is 17.8. The molecule has 1 amide bonds. The third-order valence-corrected chi connectivity index (χ3v) is 3.59. The molecule has 1 aliphatic heterocycles. The molecule has 1 atom stereocenters. The van der Waals surface area contributed by atoms with Gasteiger partial charge in [0.2, 0.25) is 5.91 Å². The molecule has 3 heterocycles. The summed E-state index contributed by atoms with van der Waals surface area (Å²) >= 11 is 0. The van der Waals surface area contributed by atoms with Gasteiger partial charge in [-0.05, 0) is 24.1 Å². The Morgan fingerprint density at radius 1 is 1.38 bits per heavy atom. The van der Waals surface area contributed by atoms with Crippen LogP contribution in [0.2, 0.25) is 0 Å². The van der Waals surface area contributed by atoms with Crippen molar-refractivity contribution in [3.05, 3.63) is 36.9 Å². The van der Waals surface area contributed by atoms with Gasteiger partial charge in [-0.15, -0.1) is 0 Å². The second-order valence-electron chi connectivity index (χ2n) is 5.08. The molecule has 0 saturated carbocycles. The molecular formula is C15H18N4O2. The highest BCUT2D eigenvalue weighted by Crippen LogP contribution is 2.16. The SMILES string of the molecule is O=C(NCCn1cc(-c2ccncc2)cn1)C1CCOC1. The molecule has 0 spiro atoms. The van der Waals surface area contributed by atoms with Crippen molar-refractivity contribution in [2.45, 2.75) is 13.0 Å². The minimum absolute atomic E-state index is 0.00926. The number of pyridine rings is 1. The first-order valence-corrected chi connectivity index (χ1v) is 7.11. The van der Waals surface area contributed by atoms with E-state index in [1.54, 1.807) is 12.4 Å². The summed E-state index contributed by atoms with van der Waals surface area (Å²) < 4.78 is 7.05. The summed E-state index contributed by atoms with van der Waals surface area (Å²) in [7, 11) is 0. The van der Waals surface area contributed by atoms with Crippen molar-refractivity contribution < 1.29 is 9.53 Å². The minimum atomic E-state index is 0.00926. The van der Waals surface area contributed by atoms with Crippen molar-refractivity contribution >= 4 is 5.91 Å². The van der Waals surface area contributed by atoms with Crippen LogP contribution in [0.4, 0.5) is 0 Å². The van der Waals surface area contributed by atoms with E-state index >= 15 is 0 Å². The van der Waals surface area contributed by atoms with Gasteiger partial charge in [-0.1, -0.05) is 0 Å². The number of nitrogens with zero attached hydrogens (tertiary/aromatic N) is 3. The van der Waals surface area contributed by atoms with Gasteiger partial charge < -0.3 is 10.1 Å². The third-order valence-electron chi connectivity index (χ3n) is 3.59. The number of amides is 1. The van der Waals surface area contributed by atoms with Gasteiger partial charge >= 0.3 is 0 Å². The fourth-order valence-electron chi connectivity index (χ4n) is 2.36. The van der Waals surface area contributed by atoms with E-state index in [1.807, 2.05) is 29.2 Å². The van der Waals surface area contributed by atoms with Crippen LogP contribution in [0.3, 0.4) is 0 Å². The maximum absolute atomic E-state index is 11.8. The molecule has 110 valence electrons. The van der Waals surface area contributed by atoms with Crippen LogP contribution in [0.15, 0.2) is 36.9 Å². The number of carbonyl (C=O) groups is 1. The van der Waals surface area contributed by atoms with Crippen LogP contribution in [0.5, 0.6) is 0 Å². The maximum atomic E-state index is 11.8. The fourth-order valence-corrected chi connectivity index (χ4v) is 2.36. The van der Waals surface area contributed by atoms with E-state index in [4.69, 9.17) is 4.74 Å². The highest BCUT2D eigenvalue weighted by Gasteiger charge is 2.22. The molecule has 0 aromatic carbocycles. The Hall–Kier alpha value is -2.21. The predicted octanol–water partition coefficient (Wildman–Crippen LogP) is 1.10. The maximum Gasteiger partial charge on any atom is 0.225 e. The van der Waals surface area contributed by atoms with Crippen molar-refractivity contribution in [1.29, 1.82) is 0 Å². The zero-order valence-corrected chi connectivity index (χ0v) is 11.7. The van der Waals surface area contributed by atoms with Crippen LogP contribution in [0.1, 0.15) is 6.42 Å². The van der Waals surface area contributed by atoms with Gasteiger partial charge in [-0.3, -0.25) is 14.5 Å². The summed E-state index contributed by atoms with van der Waals surface area (Å²) in [6.07, 6.45) is 8.13. The number of carbonyl (C=O) groups excluding carboxylic acids is 1. The van der Waals surface area contributed by atoms with E-state index in [9.17, 15) is 4.79 Å². The van der Waals surface area contributed by atoms with Crippen LogP contribution in [-0.2, 0) is 16.1 Å². The molecule has 0 bridgehead atoms. The largest absolute Gasteiger partial charge is 0.381 e. The van der Waals surface area contributed by atoms with Crippen LogP contribution in [0, 0.1) is 5.92 Å². The molecule has 6 heteroatoms. The number of hydrogen-bond acceptors (Lipinski definition) is 4. The molecule has 2 aromatic heterocycles. The molecule has 2 aromatic rings. The van der Waals surface area contributed by atoms with Gasteiger partial charge in [0, 0.05) is 37.3 Å². The van der Waals surface area contributed by atoms with Crippen molar-refractivity contribution in [3.63, 3.8) is 0 Å². The average Bonchev–Trinajstić information content (AvgIpc) is 3.20. The number of hydrogen-bond donors (Lipinski definition) is 1. The molecule has 3 rings (SSSR count). The lowest BCUT2D eigenvalue weighted by Crippen LogP contribution is -2.33. The van der Waals surface area contributed by atoms with Crippen LogP contribution in [0.25, 0.3) is 11.1 Å². The molecule has 21 heavy (non-hydrogen) atoms. The second kappa shape index (κ2) is 6.49. The zero-order valence-electron chi connectivity index (χ0n) is 11.7. The van der Waals surface area contributed by atoms with Gasteiger partial charge in [-0.2, -0.15) is 5.10 Å². The van der Waals surface area contributed by atoms with Gasteiger partial charge in [0.15, 0.2) is 0 Å². The molecule has 1 saturated heterocycles. The first-order valence-electron chi connectivity index (χ1n) is 7.11.